The van der Waals surface area contributed by atoms with E-state index in [2.05, 4.69) is 69.0 Å². The second-order valence-electron chi connectivity index (χ2n) is 9.73. The van der Waals surface area contributed by atoms with Crippen LogP contribution in [0.15, 0.2) is 66.4 Å². The van der Waals surface area contributed by atoms with Crippen molar-refractivity contribution in [3.8, 4) is 22.9 Å². The van der Waals surface area contributed by atoms with E-state index in [-0.39, 0.29) is 0 Å². The van der Waals surface area contributed by atoms with Crippen LogP contribution in [0.25, 0.3) is 22.0 Å². The summed E-state index contributed by atoms with van der Waals surface area (Å²) in [7, 11) is 0. The van der Waals surface area contributed by atoms with Crippen LogP contribution >= 0.6 is 11.3 Å². The number of benzene rings is 2. The Labute approximate surface area is 231 Å². The van der Waals surface area contributed by atoms with Crippen LogP contribution in [-0.4, -0.2) is 39.1 Å². The summed E-state index contributed by atoms with van der Waals surface area (Å²) in [4.78, 5) is 19.6. The minimum absolute atomic E-state index is 0.319. The van der Waals surface area contributed by atoms with Crippen LogP contribution in [-0.2, 0) is 6.54 Å². The van der Waals surface area contributed by atoms with Crippen LogP contribution in [0.2, 0.25) is 0 Å². The first-order chi connectivity index (χ1) is 19.2. The number of hydrogen-bond acceptors (Lipinski definition) is 9. The van der Waals surface area contributed by atoms with E-state index < -0.39 is 0 Å². The fourth-order valence-corrected chi connectivity index (χ4v) is 5.50. The van der Waals surface area contributed by atoms with Crippen LogP contribution in [0.3, 0.4) is 0 Å². The average Bonchev–Trinajstić information content (AvgIpc) is 3.38. The third-order valence-electron chi connectivity index (χ3n) is 7.03. The van der Waals surface area contributed by atoms with Crippen molar-refractivity contribution in [2.75, 3.05) is 23.7 Å². The molecular formula is C30H31N7OS. The van der Waals surface area contributed by atoms with E-state index in [0.717, 1.165) is 70.7 Å². The molecule has 5 aromatic rings. The Morgan fingerprint density at radius 3 is 2.79 bits per heavy atom. The number of nitrogens with one attached hydrogen (secondary N) is 3. The maximum atomic E-state index is 6.58. The maximum absolute atomic E-state index is 6.58. The fraction of sp³-hybridized carbons (Fsp3) is 0.267. The van der Waals surface area contributed by atoms with Gasteiger partial charge in [0.05, 0.1) is 29.0 Å². The van der Waals surface area contributed by atoms with Gasteiger partial charge in [-0.3, -0.25) is 0 Å². The lowest BCUT2D eigenvalue weighted by Gasteiger charge is -2.23. The molecule has 1 aliphatic rings. The lowest BCUT2D eigenvalue weighted by atomic mass is 10.0. The van der Waals surface area contributed by atoms with Crippen LogP contribution in [0, 0.1) is 13.8 Å². The van der Waals surface area contributed by atoms with Gasteiger partial charge in [0.1, 0.15) is 5.75 Å². The van der Waals surface area contributed by atoms with E-state index in [1.165, 1.54) is 4.88 Å². The van der Waals surface area contributed by atoms with E-state index in [4.69, 9.17) is 9.72 Å². The Morgan fingerprint density at radius 2 is 1.95 bits per heavy atom. The van der Waals surface area contributed by atoms with E-state index in [9.17, 15) is 0 Å². The molecule has 0 saturated carbocycles. The van der Waals surface area contributed by atoms with Crippen LogP contribution < -0.4 is 20.7 Å². The Bertz CT molecular complexity index is 1600. The van der Waals surface area contributed by atoms with Crippen molar-refractivity contribution < 1.29 is 4.74 Å². The summed E-state index contributed by atoms with van der Waals surface area (Å²) >= 11 is 1.66. The highest BCUT2D eigenvalue weighted by atomic mass is 32.1. The van der Waals surface area contributed by atoms with Crippen molar-refractivity contribution in [2.24, 2.45) is 0 Å². The Balaban J connectivity index is 1.30. The largest absolute Gasteiger partial charge is 0.437 e. The monoisotopic (exact) mass is 537 g/mol. The molecule has 1 fully saturated rings. The van der Waals surface area contributed by atoms with Gasteiger partial charge in [-0.05, 0) is 63.1 Å². The van der Waals surface area contributed by atoms with E-state index in [0.29, 0.717) is 24.4 Å². The summed E-state index contributed by atoms with van der Waals surface area (Å²) in [5, 5.41) is 12.6. The lowest BCUT2D eigenvalue weighted by molar-refractivity contribution is 0.466. The van der Waals surface area contributed by atoms with Gasteiger partial charge in [0.15, 0.2) is 0 Å². The molecular weight excluding hydrogens is 506 g/mol. The molecule has 9 heteroatoms. The summed E-state index contributed by atoms with van der Waals surface area (Å²) in [5.74, 6) is 1.90. The Kier molecular flexibility index (Phi) is 7.33. The molecule has 39 heavy (non-hydrogen) atoms. The normalized spacial score (nSPS) is 15.3. The molecule has 6 rings (SSSR count). The molecule has 3 aromatic heterocycles. The number of aryl methyl sites for hydroxylation is 2. The molecule has 0 spiro atoms. The number of nitrogens with zero attached hydrogens (tertiary/aromatic N) is 4. The number of ether oxygens (including phenoxy) is 1. The molecule has 0 aliphatic carbocycles. The van der Waals surface area contributed by atoms with E-state index >= 15 is 0 Å². The molecule has 198 valence electrons. The molecule has 1 aliphatic heterocycles. The number of anilines is 2. The van der Waals surface area contributed by atoms with Gasteiger partial charge in [-0.15, -0.1) is 11.3 Å². The molecule has 1 saturated heterocycles. The smallest absolute Gasteiger partial charge is 0.228 e. The molecule has 3 N–H and O–H groups in total. The summed E-state index contributed by atoms with van der Waals surface area (Å²) < 4.78 is 6.58. The molecule has 0 amide bonds. The number of rotatable bonds is 8. The highest BCUT2D eigenvalue weighted by Gasteiger charge is 2.17. The zero-order valence-corrected chi connectivity index (χ0v) is 22.9. The van der Waals surface area contributed by atoms with Crippen LogP contribution in [0.5, 0.6) is 11.6 Å². The Hall–Kier alpha value is -4.08. The molecule has 0 bridgehead atoms. The summed E-state index contributed by atoms with van der Waals surface area (Å²) in [6.07, 6.45) is 5.77. The number of pyridine rings is 1. The third kappa shape index (κ3) is 5.55. The highest BCUT2D eigenvalue weighted by Crippen LogP contribution is 2.38. The Morgan fingerprint density at radius 1 is 1.00 bits per heavy atom. The van der Waals surface area contributed by atoms with Crippen molar-refractivity contribution in [3.63, 3.8) is 0 Å². The van der Waals surface area contributed by atoms with Gasteiger partial charge >= 0.3 is 0 Å². The minimum Gasteiger partial charge on any atom is -0.437 e. The van der Waals surface area contributed by atoms with E-state index in [1.54, 1.807) is 23.7 Å². The van der Waals surface area contributed by atoms with Gasteiger partial charge in [0.25, 0.3) is 0 Å². The molecule has 4 heterocycles. The number of fused-ring (bicyclic) bond motifs is 1. The highest BCUT2D eigenvalue weighted by molar-refractivity contribution is 7.09. The number of thiazole rings is 1. The quantitative estimate of drug-likeness (QED) is 0.211. The van der Waals surface area contributed by atoms with Crippen molar-refractivity contribution in [2.45, 2.75) is 39.3 Å². The zero-order valence-electron chi connectivity index (χ0n) is 22.1. The van der Waals surface area contributed by atoms with Crippen LogP contribution in [0.4, 0.5) is 11.6 Å². The standard InChI is InChI=1S/C30H31N7OS/c1-19-10-11-22-23(7-3-9-25(22)34-17-27-20(2)39-18-35-27)28(19)38-29-24(8-5-14-32-29)26-12-15-33-30(37-26)36-21-6-4-13-31-16-21/h3,5,7-12,14-15,18,21,31,34H,4,6,13,16-17H2,1-2H3,(H,33,36,37)/t21-/m0/s1. The van der Waals surface area contributed by atoms with Gasteiger partial charge < -0.3 is 20.7 Å². The zero-order chi connectivity index (χ0) is 26.6. The minimum atomic E-state index is 0.319. The van der Waals surface area contributed by atoms with E-state index in [1.807, 2.05) is 29.8 Å². The van der Waals surface area contributed by atoms with Crippen molar-refractivity contribution in [1.82, 2.24) is 25.3 Å². The molecule has 0 radical (unpaired) electrons. The summed E-state index contributed by atoms with van der Waals surface area (Å²) in [6, 6.07) is 16.6. The van der Waals surface area contributed by atoms with Gasteiger partial charge in [-0.25, -0.2) is 19.9 Å². The van der Waals surface area contributed by atoms with Gasteiger partial charge in [-0.1, -0.05) is 24.3 Å². The lowest BCUT2D eigenvalue weighted by Crippen LogP contribution is -2.38. The predicted molar refractivity (Wildman–Crippen MR) is 158 cm³/mol. The molecule has 8 nitrogen and oxygen atoms in total. The third-order valence-corrected chi connectivity index (χ3v) is 7.83. The average molecular weight is 538 g/mol. The van der Waals surface area contributed by atoms with Crippen molar-refractivity contribution in [3.05, 3.63) is 82.6 Å². The molecule has 0 unspecified atom stereocenters. The number of piperidine rings is 1. The fourth-order valence-electron chi connectivity index (χ4n) is 4.91. The van der Waals surface area contributed by atoms with Gasteiger partial charge in [-0.2, -0.15) is 0 Å². The SMILES string of the molecule is Cc1ccc2c(NCc3ncsc3C)cccc2c1Oc1ncccc1-c1ccnc(N[C@H]2CCCNC2)n1. The number of aromatic nitrogens is 4. The second-order valence-corrected chi connectivity index (χ2v) is 10.8. The molecule has 2 aromatic carbocycles. The maximum Gasteiger partial charge on any atom is 0.228 e. The first-order valence-electron chi connectivity index (χ1n) is 13.2. The topological polar surface area (TPSA) is 96.9 Å². The van der Waals surface area contributed by atoms with Crippen LogP contribution in [0.1, 0.15) is 29.0 Å². The molecule has 1 atom stereocenters. The van der Waals surface area contributed by atoms with Crippen molar-refractivity contribution >= 4 is 33.7 Å². The van der Waals surface area contributed by atoms with Gasteiger partial charge in [0, 0.05) is 46.3 Å². The summed E-state index contributed by atoms with van der Waals surface area (Å²) in [6.45, 7) is 6.80. The predicted octanol–water partition coefficient (Wildman–Crippen LogP) is 6.33. The number of hydrogen-bond donors (Lipinski definition) is 3. The van der Waals surface area contributed by atoms with Gasteiger partial charge in [0.2, 0.25) is 11.8 Å². The first kappa shape index (κ1) is 25.2. The first-order valence-corrected chi connectivity index (χ1v) is 14.1. The summed E-state index contributed by atoms with van der Waals surface area (Å²) in [5.41, 5.74) is 6.60. The second kappa shape index (κ2) is 11.3. The van der Waals surface area contributed by atoms with Crippen molar-refractivity contribution in [1.29, 1.82) is 0 Å².